The van der Waals surface area contributed by atoms with Crippen LogP contribution in [0.2, 0.25) is 20.1 Å². The van der Waals surface area contributed by atoms with E-state index in [9.17, 15) is 23.2 Å². The second kappa shape index (κ2) is 7.87. The Bertz CT molecular complexity index is 1190. The van der Waals surface area contributed by atoms with E-state index >= 15 is 0 Å². The van der Waals surface area contributed by atoms with Gasteiger partial charge in [-0.25, -0.2) is 0 Å². The van der Waals surface area contributed by atoms with Crippen LogP contribution < -0.4 is 0 Å². The first-order chi connectivity index (χ1) is 13.5. The van der Waals surface area contributed by atoms with Crippen LogP contribution in [0.15, 0.2) is 54.6 Å². The number of phenolic OH excluding ortho intramolecular Hbond substituents is 2. The third kappa shape index (κ3) is 3.44. The lowest BCUT2D eigenvalue weighted by atomic mass is 9.83. The zero-order valence-electron chi connectivity index (χ0n) is 14.3. The fourth-order valence-corrected chi connectivity index (χ4v) is 6.14. The second-order valence-electron chi connectivity index (χ2n) is 6.03. The molecule has 1 atom stereocenters. The zero-order valence-corrected chi connectivity index (χ0v) is 18.1. The summed E-state index contributed by atoms with van der Waals surface area (Å²) in [6, 6.07) is 12.0. The molecule has 0 amide bonds. The maximum Gasteiger partial charge on any atom is 0.283 e. The number of hydrogen-bond donors (Lipinski definition) is 3. The molecule has 10 heteroatoms. The Morgan fingerprint density at radius 2 is 1.21 bits per heavy atom. The number of phenols is 2. The third-order valence-corrected chi connectivity index (χ3v) is 7.15. The molecule has 0 bridgehead atoms. The maximum atomic E-state index is 13.1. The Labute approximate surface area is 186 Å². The van der Waals surface area contributed by atoms with E-state index in [1.807, 2.05) is 0 Å². The minimum absolute atomic E-state index is 0.0834. The quantitative estimate of drug-likeness (QED) is 0.239. The Morgan fingerprint density at radius 1 is 0.690 bits per heavy atom. The molecule has 0 spiro atoms. The lowest BCUT2D eigenvalue weighted by Gasteiger charge is -2.35. The Kier molecular flexibility index (Phi) is 5.98. The summed E-state index contributed by atoms with van der Waals surface area (Å²) in [5.74, 6) is -1.18. The van der Waals surface area contributed by atoms with Crippen LogP contribution >= 0.6 is 46.4 Å². The fraction of sp³-hybridized carbons (Fsp3) is 0.0526. The lowest BCUT2D eigenvalue weighted by molar-refractivity contribution is 0.435. The largest absolute Gasteiger partial charge is 0.508 e. The molecule has 0 saturated carbocycles. The molecule has 0 saturated heterocycles. The van der Waals surface area contributed by atoms with E-state index in [0.717, 1.165) is 12.1 Å². The van der Waals surface area contributed by atoms with Gasteiger partial charge in [-0.05, 0) is 30.3 Å². The van der Waals surface area contributed by atoms with Crippen molar-refractivity contribution in [1.29, 1.82) is 0 Å². The highest BCUT2D eigenvalue weighted by Crippen LogP contribution is 2.55. The van der Waals surface area contributed by atoms with Crippen LogP contribution in [0, 0.1) is 0 Å². The first-order valence-corrected chi connectivity index (χ1v) is 10.9. The van der Waals surface area contributed by atoms with E-state index in [4.69, 9.17) is 46.4 Å². The monoisotopic (exact) mass is 492 g/mol. The van der Waals surface area contributed by atoms with Crippen LogP contribution in [0.3, 0.4) is 0 Å². The molecule has 0 aromatic heterocycles. The molecule has 3 aromatic rings. The first-order valence-electron chi connectivity index (χ1n) is 7.91. The fourth-order valence-electron chi connectivity index (χ4n) is 3.26. The normalized spacial score (nSPS) is 13.8. The number of hydrogen-bond acceptors (Lipinski definition) is 4. The van der Waals surface area contributed by atoms with Crippen molar-refractivity contribution in [2.75, 3.05) is 0 Å². The summed E-state index contributed by atoms with van der Waals surface area (Å²) in [4.78, 5) is 0. The lowest BCUT2D eigenvalue weighted by Crippen LogP contribution is -2.39. The highest BCUT2D eigenvalue weighted by molar-refractivity contribution is 7.87. The summed E-state index contributed by atoms with van der Waals surface area (Å²) in [7, 11) is -5.22. The van der Waals surface area contributed by atoms with Gasteiger partial charge in [-0.3, -0.25) is 4.55 Å². The van der Waals surface area contributed by atoms with Crippen molar-refractivity contribution in [3.8, 4) is 11.5 Å². The van der Waals surface area contributed by atoms with Crippen LogP contribution in [0.4, 0.5) is 0 Å². The van der Waals surface area contributed by atoms with E-state index in [-0.39, 0.29) is 26.2 Å². The summed E-state index contributed by atoms with van der Waals surface area (Å²) < 4.78 is 34.0. The van der Waals surface area contributed by atoms with E-state index < -0.39 is 37.0 Å². The highest BCUT2D eigenvalue weighted by atomic mass is 35.5. The SMILES string of the molecule is O=S(=O)(O)C(c1ccccc1Cl)(c1c(Cl)cccc1Cl)c1c(O)ccc(O)c1Cl. The van der Waals surface area contributed by atoms with Crippen molar-refractivity contribution < 1.29 is 23.2 Å². The van der Waals surface area contributed by atoms with Gasteiger partial charge >= 0.3 is 0 Å². The van der Waals surface area contributed by atoms with E-state index in [2.05, 4.69) is 0 Å². The maximum absolute atomic E-state index is 13.1. The predicted octanol–water partition coefficient (Wildman–Crippen LogP) is 5.89. The van der Waals surface area contributed by atoms with Gasteiger partial charge in [-0.2, -0.15) is 8.42 Å². The van der Waals surface area contributed by atoms with Crippen molar-refractivity contribution >= 4 is 56.5 Å². The predicted molar refractivity (Wildman–Crippen MR) is 114 cm³/mol. The summed E-state index contributed by atoms with van der Waals surface area (Å²) in [5.41, 5.74) is -1.02. The smallest absolute Gasteiger partial charge is 0.283 e. The average molecular weight is 494 g/mol. The van der Waals surface area contributed by atoms with Crippen molar-refractivity contribution in [3.63, 3.8) is 0 Å². The Morgan fingerprint density at radius 3 is 1.76 bits per heavy atom. The summed E-state index contributed by atoms with van der Waals surface area (Å²) in [5, 5.41) is 19.8. The number of rotatable bonds is 4. The summed E-state index contributed by atoms with van der Waals surface area (Å²) in [6.45, 7) is 0. The molecule has 152 valence electrons. The number of benzene rings is 3. The van der Waals surface area contributed by atoms with Gasteiger partial charge in [0, 0.05) is 31.8 Å². The van der Waals surface area contributed by atoms with Gasteiger partial charge < -0.3 is 10.2 Å². The van der Waals surface area contributed by atoms with Crippen molar-refractivity contribution in [2.45, 2.75) is 4.75 Å². The molecule has 3 rings (SSSR count). The van der Waals surface area contributed by atoms with Gasteiger partial charge in [0.2, 0.25) is 0 Å². The molecule has 0 aliphatic heterocycles. The Balaban J connectivity index is 2.73. The molecule has 0 aliphatic rings. The van der Waals surface area contributed by atoms with Gasteiger partial charge in [0.15, 0.2) is 4.75 Å². The number of halogens is 4. The van der Waals surface area contributed by atoms with Gasteiger partial charge in [-0.15, -0.1) is 0 Å². The van der Waals surface area contributed by atoms with Gasteiger partial charge in [0.25, 0.3) is 10.1 Å². The van der Waals surface area contributed by atoms with Crippen molar-refractivity contribution in [2.24, 2.45) is 0 Å². The summed E-state index contributed by atoms with van der Waals surface area (Å²) >= 11 is 25.2. The zero-order chi connectivity index (χ0) is 21.6. The van der Waals surface area contributed by atoms with E-state index in [0.29, 0.717) is 0 Å². The van der Waals surface area contributed by atoms with Crippen molar-refractivity contribution in [1.82, 2.24) is 0 Å². The first kappa shape index (κ1) is 22.0. The standard InChI is InChI=1S/C19H12Cl4O5S/c20-11-5-2-1-4-10(11)19(29(26,27)28,16-12(21)6-3-7-13(16)22)17-14(24)8-9-15(25)18(17)23/h1-9,24-25H,(H,26,27,28). The minimum atomic E-state index is -5.22. The average Bonchev–Trinajstić information content (AvgIpc) is 2.63. The van der Waals surface area contributed by atoms with Crippen LogP contribution in [0.5, 0.6) is 11.5 Å². The van der Waals surface area contributed by atoms with Crippen LogP contribution in [0.25, 0.3) is 0 Å². The van der Waals surface area contributed by atoms with E-state index in [1.165, 1.54) is 36.4 Å². The molecule has 3 N–H and O–H groups in total. The van der Waals surface area contributed by atoms with Crippen LogP contribution in [-0.4, -0.2) is 23.2 Å². The van der Waals surface area contributed by atoms with Crippen LogP contribution in [-0.2, 0) is 14.9 Å². The summed E-state index contributed by atoms with van der Waals surface area (Å²) in [6.07, 6.45) is 0. The highest BCUT2D eigenvalue weighted by Gasteiger charge is 2.54. The van der Waals surface area contributed by atoms with Gasteiger partial charge in [0.1, 0.15) is 11.5 Å². The van der Waals surface area contributed by atoms with Gasteiger partial charge in [-0.1, -0.05) is 70.7 Å². The molecule has 3 aromatic carbocycles. The van der Waals surface area contributed by atoms with Crippen molar-refractivity contribution in [3.05, 3.63) is 91.4 Å². The number of aromatic hydroxyl groups is 2. The minimum Gasteiger partial charge on any atom is -0.508 e. The molecular weight excluding hydrogens is 482 g/mol. The molecule has 0 aliphatic carbocycles. The molecule has 5 nitrogen and oxygen atoms in total. The van der Waals surface area contributed by atoms with E-state index in [1.54, 1.807) is 6.07 Å². The second-order valence-corrected chi connectivity index (χ2v) is 9.19. The van der Waals surface area contributed by atoms with Gasteiger partial charge in [0.05, 0.1) is 5.02 Å². The molecule has 29 heavy (non-hydrogen) atoms. The molecule has 0 radical (unpaired) electrons. The molecule has 0 fully saturated rings. The Hall–Kier alpha value is -1.67. The molecule has 1 unspecified atom stereocenters. The topological polar surface area (TPSA) is 94.8 Å². The van der Waals surface area contributed by atoms with Crippen LogP contribution in [0.1, 0.15) is 16.7 Å². The third-order valence-electron chi connectivity index (χ3n) is 4.41. The molecular formula is C19H12Cl4O5S. The molecule has 0 heterocycles.